The number of nitrogens with one attached hydrogen (secondary N) is 2. The summed E-state index contributed by atoms with van der Waals surface area (Å²) in [5, 5.41) is 5.36. The fourth-order valence-corrected chi connectivity index (χ4v) is 1.22. The topological polar surface area (TPSA) is 44.4 Å². The maximum atomic E-state index is 10.8. The zero-order valence-electron chi connectivity index (χ0n) is 8.12. The molecule has 0 radical (unpaired) electrons. The summed E-state index contributed by atoms with van der Waals surface area (Å²) in [7, 11) is 0. The summed E-state index contributed by atoms with van der Waals surface area (Å²) in [6, 6.07) is -0.145. The molecule has 1 aliphatic heterocycles. The van der Waals surface area contributed by atoms with Crippen LogP contribution in [0.25, 0.3) is 0 Å². The van der Waals surface area contributed by atoms with E-state index in [0.717, 1.165) is 18.8 Å². The van der Waals surface area contributed by atoms with Crippen LogP contribution < -0.4 is 10.6 Å². The van der Waals surface area contributed by atoms with Crippen LogP contribution in [0.4, 0.5) is 4.79 Å². The van der Waals surface area contributed by atoms with Crippen molar-refractivity contribution in [3.8, 4) is 0 Å². The van der Waals surface area contributed by atoms with Gasteiger partial charge in [-0.25, -0.2) is 4.79 Å². The van der Waals surface area contributed by atoms with Gasteiger partial charge in [-0.2, -0.15) is 0 Å². The molecule has 4 heteroatoms. The third-order valence-electron chi connectivity index (χ3n) is 1.78. The molecule has 1 heterocycles. The van der Waals surface area contributed by atoms with Crippen LogP contribution in [0, 0.1) is 0 Å². The van der Waals surface area contributed by atoms with Crippen molar-refractivity contribution in [3.05, 3.63) is 37.2 Å². The first-order chi connectivity index (χ1) is 6.76. The third kappa shape index (κ3) is 2.97. The fraction of sp³-hybridized carbons (Fsp3) is 0.300. The van der Waals surface area contributed by atoms with E-state index < -0.39 is 0 Å². The normalized spacial score (nSPS) is 17.4. The molecule has 0 aromatic carbocycles. The van der Waals surface area contributed by atoms with Gasteiger partial charge in [-0.15, -0.1) is 13.2 Å². The highest BCUT2D eigenvalue weighted by Crippen LogP contribution is 1.99. The Bertz CT molecular complexity index is 261. The fourth-order valence-electron chi connectivity index (χ4n) is 1.22. The summed E-state index contributed by atoms with van der Waals surface area (Å²) in [6.45, 7) is 9.37. The second kappa shape index (κ2) is 5.11. The molecule has 0 spiro atoms. The van der Waals surface area contributed by atoms with Gasteiger partial charge in [0, 0.05) is 19.3 Å². The largest absolute Gasteiger partial charge is 0.368 e. The van der Waals surface area contributed by atoms with Crippen LogP contribution in [0.2, 0.25) is 0 Å². The van der Waals surface area contributed by atoms with Gasteiger partial charge < -0.3 is 15.5 Å². The van der Waals surface area contributed by atoms with Crippen LogP contribution >= 0.6 is 0 Å². The number of carbonyl (C=O) groups is 1. The van der Waals surface area contributed by atoms with Crippen molar-refractivity contribution in [2.24, 2.45) is 0 Å². The molecule has 0 aromatic rings. The predicted molar refractivity (Wildman–Crippen MR) is 56.6 cm³/mol. The Labute approximate surface area is 84.0 Å². The summed E-state index contributed by atoms with van der Waals surface area (Å²) in [4.78, 5) is 12.8. The molecule has 0 aliphatic carbocycles. The number of urea groups is 1. The molecular formula is C10H15N3O. The zero-order valence-corrected chi connectivity index (χ0v) is 8.12. The van der Waals surface area contributed by atoms with Crippen LogP contribution in [-0.2, 0) is 0 Å². The number of rotatable bonds is 5. The third-order valence-corrected chi connectivity index (χ3v) is 1.78. The van der Waals surface area contributed by atoms with Gasteiger partial charge in [-0.05, 0) is 0 Å². The molecule has 0 unspecified atom stereocenters. The summed E-state index contributed by atoms with van der Waals surface area (Å²) in [6.07, 6.45) is 5.52. The smallest absolute Gasteiger partial charge is 0.319 e. The van der Waals surface area contributed by atoms with E-state index in [4.69, 9.17) is 0 Å². The number of amides is 2. The van der Waals surface area contributed by atoms with Gasteiger partial charge in [0.05, 0.1) is 12.2 Å². The predicted octanol–water partition coefficient (Wildman–Crippen LogP) is 0.815. The Kier molecular flexibility index (Phi) is 3.79. The molecule has 1 fully saturated rings. The highest BCUT2D eigenvalue weighted by atomic mass is 16.2. The van der Waals surface area contributed by atoms with Crippen LogP contribution in [0.5, 0.6) is 0 Å². The van der Waals surface area contributed by atoms with E-state index >= 15 is 0 Å². The van der Waals surface area contributed by atoms with Gasteiger partial charge in [-0.1, -0.05) is 12.2 Å². The zero-order chi connectivity index (χ0) is 10.4. The highest BCUT2D eigenvalue weighted by molar-refractivity contribution is 5.79. The Morgan fingerprint density at radius 2 is 2.00 bits per heavy atom. The molecule has 4 nitrogen and oxygen atoms in total. The van der Waals surface area contributed by atoms with Crippen LogP contribution in [0.15, 0.2) is 37.2 Å². The van der Waals surface area contributed by atoms with E-state index in [0.29, 0.717) is 6.54 Å². The van der Waals surface area contributed by atoms with E-state index in [1.54, 1.807) is 0 Å². The molecule has 2 N–H and O–H groups in total. The molecule has 0 atom stereocenters. The lowest BCUT2D eigenvalue weighted by Crippen LogP contribution is -2.22. The Balaban J connectivity index is 2.55. The van der Waals surface area contributed by atoms with Crippen molar-refractivity contribution >= 4 is 6.03 Å². The monoisotopic (exact) mass is 193 g/mol. The average Bonchev–Trinajstić information content (AvgIpc) is 2.52. The molecular weight excluding hydrogens is 178 g/mol. The van der Waals surface area contributed by atoms with Crippen LogP contribution in [-0.4, -0.2) is 30.6 Å². The van der Waals surface area contributed by atoms with Gasteiger partial charge in [0.15, 0.2) is 0 Å². The SMILES string of the molecule is C=CCN(C=C1CNC(=O)N1)CC=C. The molecule has 0 bridgehead atoms. The van der Waals surface area contributed by atoms with E-state index in [1.807, 2.05) is 23.3 Å². The lowest BCUT2D eigenvalue weighted by molar-refractivity contribution is 0.249. The summed E-state index contributed by atoms with van der Waals surface area (Å²) in [5.74, 6) is 0. The minimum absolute atomic E-state index is 0.145. The molecule has 2 amide bonds. The van der Waals surface area contributed by atoms with Gasteiger partial charge in [0.25, 0.3) is 0 Å². The summed E-state index contributed by atoms with van der Waals surface area (Å²) in [5.41, 5.74) is 0.874. The molecule has 1 aliphatic rings. The maximum Gasteiger partial charge on any atom is 0.319 e. The van der Waals surface area contributed by atoms with Gasteiger partial charge in [0.2, 0.25) is 0 Å². The summed E-state index contributed by atoms with van der Waals surface area (Å²) < 4.78 is 0. The first kappa shape index (κ1) is 10.4. The number of nitrogens with zero attached hydrogens (tertiary/aromatic N) is 1. The molecule has 1 saturated heterocycles. The van der Waals surface area contributed by atoms with Crippen molar-refractivity contribution in [3.63, 3.8) is 0 Å². The minimum atomic E-state index is -0.145. The molecule has 1 rings (SSSR count). The van der Waals surface area contributed by atoms with Crippen molar-refractivity contribution in [1.82, 2.24) is 15.5 Å². The van der Waals surface area contributed by atoms with Crippen LogP contribution in [0.3, 0.4) is 0 Å². The van der Waals surface area contributed by atoms with Crippen molar-refractivity contribution in [1.29, 1.82) is 0 Å². The van der Waals surface area contributed by atoms with E-state index in [2.05, 4.69) is 23.8 Å². The standard InChI is InChI=1S/C10H15N3O/c1-3-5-13(6-4-2)8-9-7-11-10(14)12-9/h3-4,8H,1-2,5-7H2,(H2,11,12,14). The minimum Gasteiger partial charge on any atom is -0.368 e. The number of hydrogen-bond donors (Lipinski definition) is 2. The van der Waals surface area contributed by atoms with Crippen LogP contribution in [0.1, 0.15) is 0 Å². The number of hydrogen-bond acceptors (Lipinski definition) is 2. The first-order valence-corrected chi connectivity index (χ1v) is 4.47. The molecule has 0 saturated carbocycles. The van der Waals surface area contributed by atoms with E-state index in [9.17, 15) is 4.79 Å². The Morgan fingerprint density at radius 3 is 2.43 bits per heavy atom. The second-order valence-electron chi connectivity index (χ2n) is 2.99. The molecule has 14 heavy (non-hydrogen) atoms. The van der Waals surface area contributed by atoms with Crippen molar-refractivity contribution in [2.45, 2.75) is 0 Å². The second-order valence-corrected chi connectivity index (χ2v) is 2.99. The van der Waals surface area contributed by atoms with Crippen molar-refractivity contribution < 1.29 is 4.79 Å². The molecule has 76 valence electrons. The highest BCUT2D eigenvalue weighted by Gasteiger charge is 2.12. The van der Waals surface area contributed by atoms with Gasteiger partial charge >= 0.3 is 6.03 Å². The Morgan fingerprint density at radius 1 is 1.36 bits per heavy atom. The number of carbonyl (C=O) groups excluding carboxylic acids is 1. The lowest BCUT2D eigenvalue weighted by atomic mass is 10.4. The quantitative estimate of drug-likeness (QED) is 0.635. The van der Waals surface area contributed by atoms with E-state index in [-0.39, 0.29) is 6.03 Å². The Hall–Kier alpha value is -1.71. The van der Waals surface area contributed by atoms with E-state index in [1.165, 1.54) is 0 Å². The summed E-state index contributed by atoms with van der Waals surface area (Å²) >= 11 is 0. The average molecular weight is 193 g/mol. The van der Waals surface area contributed by atoms with Gasteiger partial charge in [0.1, 0.15) is 0 Å². The van der Waals surface area contributed by atoms with Crippen molar-refractivity contribution in [2.75, 3.05) is 19.6 Å². The van der Waals surface area contributed by atoms with Gasteiger partial charge in [-0.3, -0.25) is 0 Å². The lowest BCUT2D eigenvalue weighted by Gasteiger charge is -2.16. The first-order valence-electron chi connectivity index (χ1n) is 4.47. The molecule has 0 aromatic heterocycles. The maximum absolute atomic E-state index is 10.8.